The van der Waals surface area contributed by atoms with Crippen molar-refractivity contribution in [1.29, 1.82) is 0 Å². The Labute approximate surface area is 113 Å². The van der Waals surface area contributed by atoms with Crippen molar-refractivity contribution in [2.24, 2.45) is 5.73 Å². The Morgan fingerprint density at radius 1 is 1.47 bits per heavy atom. The Bertz CT molecular complexity index is 368. The molecule has 1 atom stereocenters. The number of carbonyl (C=O) groups excluding carboxylic acids is 1. The van der Waals surface area contributed by atoms with E-state index in [2.05, 4.69) is 10.3 Å². The number of aromatic nitrogens is 1. The Morgan fingerprint density at radius 2 is 2.12 bits per heavy atom. The van der Waals surface area contributed by atoms with E-state index >= 15 is 0 Å². The molecule has 1 heterocycles. The minimum absolute atomic E-state index is 0. The zero-order valence-corrected chi connectivity index (χ0v) is 11.2. The summed E-state index contributed by atoms with van der Waals surface area (Å²) in [4.78, 5) is 15.8. The minimum Gasteiger partial charge on any atom is -0.346 e. The van der Waals surface area contributed by atoms with Gasteiger partial charge in [-0.3, -0.25) is 9.78 Å². The maximum atomic E-state index is 11.6. The second kappa shape index (κ2) is 6.19. The fraction of sp³-hybridized carbons (Fsp3) is 0.455. The van der Waals surface area contributed by atoms with Crippen molar-refractivity contribution in [2.75, 3.05) is 0 Å². The molecule has 0 spiro atoms. The monoisotopic (exact) mass is 277 g/mol. The predicted octanol–water partition coefficient (Wildman–Crippen LogP) is 1.59. The number of nitrogens with one attached hydrogen (secondary N) is 1. The van der Waals surface area contributed by atoms with Gasteiger partial charge in [0.2, 0.25) is 5.91 Å². The number of rotatable bonds is 3. The number of pyridine rings is 1. The van der Waals surface area contributed by atoms with Gasteiger partial charge in [-0.15, -0.1) is 24.8 Å². The van der Waals surface area contributed by atoms with Gasteiger partial charge in [-0.1, -0.05) is 6.07 Å². The molecule has 0 bridgehead atoms. The van der Waals surface area contributed by atoms with E-state index < -0.39 is 5.54 Å². The third-order valence-corrected chi connectivity index (χ3v) is 2.72. The van der Waals surface area contributed by atoms with Gasteiger partial charge < -0.3 is 11.1 Å². The molecule has 4 nitrogen and oxygen atoms in total. The van der Waals surface area contributed by atoms with Gasteiger partial charge in [-0.05, 0) is 31.9 Å². The number of hydrogen-bond donors (Lipinski definition) is 2. The number of hydrogen-bond acceptors (Lipinski definition) is 3. The number of nitrogens with two attached hydrogens (primary N) is 1. The van der Waals surface area contributed by atoms with Crippen molar-refractivity contribution in [3.63, 3.8) is 0 Å². The van der Waals surface area contributed by atoms with Crippen LogP contribution in [0, 0.1) is 0 Å². The van der Waals surface area contributed by atoms with Gasteiger partial charge in [0, 0.05) is 6.20 Å². The Morgan fingerprint density at radius 3 is 2.59 bits per heavy atom. The van der Waals surface area contributed by atoms with Gasteiger partial charge in [0.05, 0.1) is 17.3 Å². The molecule has 0 radical (unpaired) electrons. The molecular weight excluding hydrogens is 261 g/mol. The summed E-state index contributed by atoms with van der Waals surface area (Å²) < 4.78 is 0. The van der Waals surface area contributed by atoms with E-state index in [9.17, 15) is 4.79 Å². The van der Waals surface area contributed by atoms with Crippen LogP contribution in [0.4, 0.5) is 0 Å². The van der Waals surface area contributed by atoms with Gasteiger partial charge >= 0.3 is 0 Å². The molecule has 1 amide bonds. The molecule has 6 heteroatoms. The topological polar surface area (TPSA) is 68.0 Å². The summed E-state index contributed by atoms with van der Waals surface area (Å²) in [5.41, 5.74) is 6.03. The van der Waals surface area contributed by atoms with Crippen LogP contribution >= 0.6 is 24.8 Å². The van der Waals surface area contributed by atoms with E-state index in [4.69, 9.17) is 5.73 Å². The van der Waals surface area contributed by atoms with Crippen LogP contribution in [0.15, 0.2) is 24.4 Å². The third-order valence-electron chi connectivity index (χ3n) is 2.72. The average Bonchev–Trinajstić information content (AvgIpc) is 2.99. The van der Waals surface area contributed by atoms with Crippen LogP contribution in [-0.2, 0) is 4.79 Å². The first-order valence-corrected chi connectivity index (χ1v) is 5.13. The molecule has 0 saturated heterocycles. The Hall–Kier alpha value is -0.840. The highest BCUT2D eigenvalue weighted by atomic mass is 35.5. The second-order valence-electron chi connectivity index (χ2n) is 4.11. The minimum atomic E-state index is -0.608. The van der Waals surface area contributed by atoms with Crippen LogP contribution in [0.1, 0.15) is 31.5 Å². The first-order chi connectivity index (χ1) is 7.12. The molecule has 1 aromatic rings. The van der Waals surface area contributed by atoms with Crippen LogP contribution < -0.4 is 11.1 Å². The van der Waals surface area contributed by atoms with Gasteiger partial charge in [0.1, 0.15) is 0 Å². The van der Waals surface area contributed by atoms with E-state index in [1.54, 1.807) is 6.20 Å². The first kappa shape index (κ1) is 16.2. The fourth-order valence-electron chi connectivity index (χ4n) is 1.41. The van der Waals surface area contributed by atoms with Gasteiger partial charge in [0.15, 0.2) is 0 Å². The van der Waals surface area contributed by atoms with Crippen molar-refractivity contribution in [1.82, 2.24) is 10.3 Å². The average molecular weight is 278 g/mol. The Kier molecular flexibility index (Phi) is 5.88. The molecular formula is C11H17Cl2N3O. The zero-order chi connectivity index (χ0) is 10.9. The predicted molar refractivity (Wildman–Crippen MR) is 71.4 cm³/mol. The summed E-state index contributed by atoms with van der Waals surface area (Å²) >= 11 is 0. The van der Waals surface area contributed by atoms with E-state index in [1.807, 2.05) is 25.1 Å². The third kappa shape index (κ3) is 3.84. The van der Waals surface area contributed by atoms with E-state index in [0.29, 0.717) is 0 Å². The number of carbonyl (C=O) groups is 1. The molecule has 1 saturated carbocycles. The van der Waals surface area contributed by atoms with Gasteiger partial charge in [0.25, 0.3) is 0 Å². The molecule has 3 N–H and O–H groups in total. The summed E-state index contributed by atoms with van der Waals surface area (Å²) in [5, 5.41) is 2.87. The lowest BCUT2D eigenvalue weighted by molar-refractivity contribution is -0.123. The quantitative estimate of drug-likeness (QED) is 0.882. The molecule has 17 heavy (non-hydrogen) atoms. The number of halogens is 2. The summed E-state index contributed by atoms with van der Waals surface area (Å²) in [6.07, 6.45) is 3.29. The van der Waals surface area contributed by atoms with Gasteiger partial charge in [-0.25, -0.2) is 0 Å². The molecule has 1 aromatic heterocycles. The van der Waals surface area contributed by atoms with Crippen molar-refractivity contribution >= 4 is 30.7 Å². The van der Waals surface area contributed by atoms with Crippen LogP contribution in [0.5, 0.6) is 0 Å². The molecule has 1 fully saturated rings. The molecule has 0 aliphatic heterocycles. The molecule has 96 valence electrons. The number of nitrogens with zero attached hydrogens (tertiary/aromatic N) is 1. The lowest BCUT2D eigenvalue weighted by Crippen LogP contribution is -2.43. The van der Waals surface area contributed by atoms with Crippen LogP contribution in [0.3, 0.4) is 0 Å². The lowest BCUT2D eigenvalue weighted by Gasteiger charge is -2.16. The normalized spacial score (nSPS) is 17.1. The lowest BCUT2D eigenvalue weighted by atomic mass is 10.2. The van der Waals surface area contributed by atoms with Crippen LogP contribution in [0.25, 0.3) is 0 Å². The second-order valence-corrected chi connectivity index (χ2v) is 4.11. The largest absolute Gasteiger partial charge is 0.346 e. The van der Waals surface area contributed by atoms with Crippen LogP contribution in [0.2, 0.25) is 0 Å². The molecule has 1 aliphatic carbocycles. The van der Waals surface area contributed by atoms with Gasteiger partial charge in [-0.2, -0.15) is 0 Å². The SMILES string of the molecule is CC(NC(=O)C1(N)CC1)c1ccccn1.Cl.Cl. The highest BCUT2D eigenvalue weighted by Gasteiger charge is 2.46. The van der Waals surface area contributed by atoms with Crippen molar-refractivity contribution in [3.05, 3.63) is 30.1 Å². The van der Waals surface area contributed by atoms with Crippen molar-refractivity contribution in [3.8, 4) is 0 Å². The highest BCUT2D eigenvalue weighted by molar-refractivity contribution is 5.89. The maximum Gasteiger partial charge on any atom is 0.240 e. The van der Waals surface area contributed by atoms with Crippen molar-refractivity contribution < 1.29 is 4.79 Å². The van der Waals surface area contributed by atoms with Crippen LogP contribution in [-0.4, -0.2) is 16.4 Å². The fourth-order valence-corrected chi connectivity index (χ4v) is 1.41. The first-order valence-electron chi connectivity index (χ1n) is 5.13. The zero-order valence-electron chi connectivity index (χ0n) is 9.55. The smallest absolute Gasteiger partial charge is 0.240 e. The maximum absolute atomic E-state index is 11.6. The molecule has 0 aromatic carbocycles. The summed E-state index contributed by atoms with van der Waals surface area (Å²) in [6, 6.07) is 5.56. The van der Waals surface area contributed by atoms with E-state index in [1.165, 1.54) is 0 Å². The van der Waals surface area contributed by atoms with Crippen molar-refractivity contribution in [2.45, 2.75) is 31.3 Å². The number of amides is 1. The molecule has 1 aliphatic rings. The summed E-state index contributed by atoms with van der Waals surface area (Å²) in [5.74, 6) is -0.0688. The summed E-state index contributed by atoms with van der Waals surface area (Å²) in [6.45, 7) is 1.91. The highest BCUT2D eigenvalue weighted by Crippen LogP contribution is 2.32. The summed E-state index contributed by atoms with van der Waals surface area (Å²) in [7, 11) is 0. The Balaban J connectivity index is 0.00000128. The standard InChI is InChI=1S/C11H15N3O.2ClH/c1-8(9-4-2-3-7-13-9)14-10(15)11(12)5-6-11;;/h2-4,7-8H,5-6,12H2,1H3,(H,14,15);2*1H. The van der Waals surface area contributed by atoms with E-state index in [-0.39, 0.29) is 36.8 Å². The van der Waals surface area contributed by atoms with E-state index in [0.717, 1.165) is 18.5 Å². The molecule has 1 unspecified atom stereocenters. The molecule has 2 rings (SSSR count).